The number of aromatic nitrogens is 1. The number of nitrogens with one attached hydrogen (secondary N) is 1. The Kier molecular flexibility index (Phi) is 3.15. The third-order valence-corrected chi connectivity index (χ3v) is 1.21. The van der Waals surface area contributed by atoms with Gasteiger partial charge in [0.2, 0.25) is 0 Å². The molecule has 1 heterocycles. The van der Waals surface area contributed by atoms with Gasteiger partial charge in [0.05, 0.1) is 5.56 Å². The van der Waals surface area contributed by atoms with Crippen LogP contribution in [0.5, 0.6) is 0 Å². The zero-order valence-electron chi connectivity index (χ0n) is 6.64. The average Bonchev–Trinajstić information content (AvgIpc) is 2.19. The highest BCUT2D eigenvalue weighted by Gasteiger charge is 2.01. The van der Waals surface area contributed by atoms with Crippen LogP contribution in [0.15, 0.2) is 29.6 Å². The van der Waals surface area contributed by atoms with Crippen molar-refractivity contribution in [2.45, 2.75) is 0 Å². The van der Waals surface area contributed by atoms with Crippen molar-refractivity contribution in [2.24, 2.45) is 5.10 Å². The van der Waals surface area contributed by atoms with Gasteiger partial charge in [-0.15, -0.1) is 0 Å². The third-order valence-electron chi connectivity index (χ3n) is 1.21. The van der Waals surface area contributed by atoms with Crippen LogP contribution in [0.3, 0.4) is 0 Å². The van der Waals surface area contributed by atoms with E-state index < -0.39 is 0 Å². The first-order valence-corrected chi connectivity index (χ1v) is 3.46. The molecular weight excluding hydrogens is 168 g/mol. The lowest BCUT2D eigenvalue weighted by Crippen LogP contribution is -2.17. The minimum Gasteiger partial charge on any atom is -0.267 e. The summed E-state index contributed by atoms with van der Waals surface area (Å²) in [5.41, 5.74) is 2.57. The van der Waals surface area contributed by atoms with Crippen molar-refractivity contribution in [3.05, 3.63) is 30.1 Å². The van der Waals surface area contributed by atoms with Crippen molar-refractivity contribution in [3.8, 4) is 6.07 Å². The average molecular weight is 174 g/mol. The topological polar surface area (TPSA) is 78.1 Å². The highest BCUT2D eigenvalue weighted by Crippen LogP contribution is 1.93. The normalized spacial score (nSPS) is 9.46. The Bertz CT molecular complexity index is 352. The maximum absolute atomic E-state index is 11.1. The number of hydrogen-bond acceptors (Lipinski definition) is 4. The van der Waals surface area contributed by atoms with Crippen LogP contribution in [0.2, 0.25) is 0 Å². The summed E-state index contributed by atoms with van der Waals surface area (Å²) < 4.78 is 0. The summed E-state index contributed by atoms with van der Waals surface area (Å²) in [5.74, 6) is -0.389. The molecule has 0 radical (unpaired) electrons. The van der Waals surface area contributed by atoms with Gasteiger partial charge < -0.3 is 0 Å². The fourth-order valence-corrected chi connectivity index (χ4v) is 0.681. The SMILES string of the molecule is N#C/C=N/NC(=O)c1cccnc1. The number of carbonyl (C=O) groups excluding carboxylic acids is 1. The summed E-state index contributed by atoms with van der Waals surface area (Å²) in [6.45, 7) is 0. The van der Waals surface area contributed by atoms with Gasteiger partial charge in [-0.2, -0.15) is 10.4 Å². The Morgan fingerprint density at radius 3 is 3.23 bits per heavy atom. The molecule has 1 aromatic heterocycles. The number of amides is 1. The van der Waals surface area contributed by atoms with E-state index in [1.54, 1.807) is 24.4 Å². The monoisotopic (exact) mass is 174 g/mol. The summed E-state index contributed by atoms with van der Waals surface area (Å²) >= 11 is 0. The van der Waals surface area contributed by atoms with Gasteiger partial charge in [0.1, 0.15) is 12.3 Å². The molecule has 0 bridgehead atoms. The van der Waals surface area contributed by atoms with E-state index in [1.807, 2.05) is 0 Å². The van der Waals surface area contributed by atoms with Gasteiger partial charge in [-0.05, 0) is 12.1 Å². The van der Waals surface area contributed by atoms with Crippen LogP contribution in [0, 0.1) is 11.3 Å². The molecule has 0 fully saturated rings. The lowest BCUT2D eigenvalue weighted by Gasteiger charge is -1.96. The van der Waals surface area contributed by atoms with E-state index in [9.17, 15) is 4.79 Å². The first-order valence-electron chi connectivity index (χ1n) is 3.46. The molecule has 0 aromatic carbocycles. The molecule has 0 saturated carbocycles. The van der Waals surface area contributed by atoms with Crippen molar-refractivity contribution in [1.29, 1.82) is 5.26 Å². The zero-order chi connectivity index (χ0) is 9.52. The van der Waals surface area contributed by atoms with E-state index in [2.05, 4.69) is 15.5 Å². The molecule has 5 heteroatoms. The van der Waals surface area contributed by atoms with Gasteiger partial charge in [0.25, 0.3) is 5.91 Å². The molecule has 0 unspecified atom stereocenters. The summed E-state index contributed by atoms with van der Waals surface area (Å²) in [5, 5.41) is 11.4. The Labute approximate surface area is 74.7 Å². The summed E-state index contributed by atoms with van der Waals surface area (Å²) in [7, 11) is 0. The molecule has 0 atom stereocenters. The molecule has 1 rings (SSSR count). The molecule has 0 aliphatic carbocycles. The van der Waals surface area contributed by atoms with E-state index in [-0.39, 0.29) is 5.91 Å². The van der Waals surface area contributed by atoms with Crippen molar-refractivity contribution < 1.29 is 4.79 Å². The summed E-state index contributed by atoms with van der Waals surface area (Å²) in [6.07, 6.45) is 3.92. The minimum absolute atomic E-state index is 0.389. The van der Waals surface area contributed by atoms with Crippen LogP contribution >= 0.6 is 0 Å². The molecule has 64 valence electrons. The van der Waals surface area contributed by atoms with E-state index in [4.69, 9.17) is 5.26 Å². The molecule has 0 spiro atoms. The second-order valence-corrected chi connectivity index (χ2v) is 2.07. The van der Waals surface area contributed by atoms with Gasteiger partial charge in [0.15, 0.2) is 0 Å². The van der Waals surface area contributed by atoms with Gasteiger partial charge in [0, 0.05) is 12.4 Å². The Hall–Kier alpha value is -2.22. The smallest absolute Gasteiger partial charge is 0.267 e. The maximum Gasteiger partial charge on any atom is 0.272 e. The first kappa shape index (κ1) is 8.87. The zero-order valence-corrected chi connectivity index (χ0v) is 6.64. The molecule has 13 heavy (non-hydrogen) atoms. The van der Waals surface area contributed by atoms with E-state index in [1.165, 1.54) is 6.20 Å². The number of nitriles is 1. The molecule has 0 aliphatic rings. The first-order chi connectivity index (χ1) is 6.34. The number of rotatable bonds is 2. The standard InChI is InChI=1S/C8H6N4O/c9-3-5-11-12-8(13)7-2-1-4-10-6-7/h1-2,4-6H,(H,12,13)/b11-5+. The third kappa shape index (κ3) is 2.71. The summed E-state index contributed by atoms with van der Waals surface area (Å²) in [6, 6.07) is 4.90. The van der Waals surface area contributed by atoms with Crippen LogP contribution in [0.1, 0.15) is 10.4 Å². The largest absolute Gasteiger partial charge is 0.272 e. The second-order valence-electron chi connectivity index (χ2n) is 2.07. The van der Waals surface area contributed by atoms with Gasteiger partial charge in [-0.1, -0.05) is 0 Å². The van der Waals surface area contributed by atoms with E-state index in [0.29, 0.717) is 5.56 Å². The number of carbonyl (C=O) groups is 1. The van der Waals surface area contributed by atoms with E-state index >= 15 is 0 Å². The minimum atomic E-state index is -0.389. The van der Waals surface area contributed by atoms with Gasteiger partial charge >= 0.3 is 0 Å². The number of hydrogen-bond donors (Lipinski definition) is 1. The molecular formula is C8H6N4O. The van der Waals surface area contributed by atoms with Gasteiger partial charge in [-0.25, -0.2) is 5.43 Å². The quantitative estimate of drug-likeness (QED) is 0.518. The molecule has 1 amide bonds. The lowest BCUT2D eigenvalue weighted by molar-refractivity contribution is 0.0955. The fourth-order valence-electron chi connectivity index (χ4n) is 0.681. The predicted octanol–water partition coefficient (Wildman–Crippen LogP) is 0.321. The van der Waals surface area contributed by atoms with Crippen LogP contribution in [0.25, 0.3) is 0 Å². The lowest BCUT2D eigenvalue weighted by atomic mass is 10.3. The van der Waals surface area contributed by atoms with Crippen LogP contribution in [-0.2, 0) is 0 Å². The van der Waals surface area contributed by atoms with Crippen LogP contribution < -0.4 is 5.43 Å². The summed E-state index contributed by atoms with van der Waals surface area (Å²) in [4.78, 5) is 14.9. The Balaban J connectivity index is 2.61. The molecule has 1 N–H and O–H groups in total. The number of pyridine rings is 1. The second kappa shape index (κ2) is 4.62. The maximum atomic E-state index is 11.1. The van der Waals surface area contributed by atoms with E-state index in [0.717, 1.165) is 6.21 Å². The van der Waals surface area contributed by atoms with Crippen molar-refractivity contribution in [2.75, 3.05) is 0 Å². The number of hydrazone groups is 1. The molecule has 0 saturated heterocycles. The molecule has 1 aromatic rings. The van der Waals surface area contributed by atoms with Crippen molar-refractivity contribution in [3.63, 3.8) is 0 Å². The molecule has 0 aliphatic heterocycles. The van der Waals surface area contributed by atoms with Crippen LogP contribution in [0.4, 0.5) is 0 Å². The number of nitrogens with zero attached hydrogens (tertiary/aromatic N) is 3. The fraction of sp³-hybridized carbons (Fsp3) is 0. The van der Waals surface area contributed by atoms with Gasteiger partial charge in [-0.3, -0.25) is 9.78 Å². The highest BCUT2D eigenvalue weighted by atomic mass is 16.2. The molecule has 5 nitrogen and oxygen atoms in total. The Morgan fingerprint density at radius 2 is 2.62 bits per heavy atom. The van der Waals surface area contributed by atoms with Crippen molar-refractivity contribution in [1.82, 2.24) is 10.4 Å². The Morgan fingerprint density at radius 1 is 1.77 bits per heavy atom. The van der Waals surface area contributed by atoms with Crippen molar-refractivity contribution >= 4 is 12.1 Å². The highest BCUT2D eigenvalue weighted by molar-refractivity contribution is 5.94. The predicted molar refractivity (Wildman–Crippen MR) is 45.8 cm³/mol. The van der Waals surface area contributed by atoms with Crippen LogP contribution in [-0.4, -0.2) is 17.1 Å².